The minimum Gasteiger partial charge on any atom is -0.468 e. The van der Waals surface area contributed by atoms with Crippen molar-refractivity contribution in [2.75, 3.05) is 25.0 Å². The van der Waals surface area contributed by atoms with E-state index in [-0.39, 0.29) is 11.9 Å². The van der Waals surface area contributed by atoms with Crippen molar-refractivity contribution in [3.8, 4) is 0 Å². The zero-order valence-corrected chi connectivity index (χ0v) is 18.3. The van der Waals surface area contributed by atoms with Crippen LogP contribution in [0.25, 0.3) is 0 Å². The monoisotopic (exact) mass is 417 g/mol. The lowest BCUT2D eigenvalue weighted by atomic mass is 10.0. The summed E-state index contributed by atoms with van der Waals surface area (Å²) in [5.74, 6) is 0.974. The number of hydrogen-bond donors (Lipinski definition) is 1. The van der Waals surface area contributed by atoms with E-state index in [0.29, 0.717) is 11.6 Å². The second-order valence-electron chi connectivity index (χ2n) is 8.37. The molecular weight excluding hydrogens is 386 g/mol. The van der Waals surface area contributed by atoms with Crippen molar-refractivity contribution < 1.29 is 9.21 Å². The first-order chi connectivity index (χ1) is 15.1. The average molecular weight is 418 g/mol. The Labute approximate surface area is 184 Å². The van der Waals surface area contributed by atoms with E-state index in [4.69, 9.17) is 4.42 Å². The van der Waals surface area contributed by atoms with Gasteiger partial charge in [0.15, 0.2) is 0 Å². The summed E-state index contributed by atoms with van der Waals surface area (Å²) in [6.07, 6.45) is 3.97. The lowest BCUT2D eigenvalue weighted by molar-refractivity contribution is 0.0940. The third-order valence-electron chi connectivity index (χ3n) is 6.21. The van der Waals surface area contributed by atoms with Gasteiger partial charge in [-0.3, -0.25) is 9.69 Å². The maximum absolute atomic E-state index is 12.6. The van der Waals surface area contributed by atoms with Crippen molar-refractivity contribution in [3.63, 3.8) is 0 Å². The highest BCUT2D eigenvalue weighted by molar-refractivity contribution is 5.94. The number of anilines is 1. The molecule has 0 spiro atoms. The minimum absolute atomic E-state index is 0.0226. The fraction of sp³-hybridized carbons (Fsp3) is 0.346. The number of carbonyl (C=O) groups excluding carboxylic acids is 1. The van der Waals surface area contributed by atoms with Gasteiger partial charge >= 0.3 is 0 Å². The normalized spacial score (nSPS) is 15.8. The Morgan fingerprint density at radius 3 is 2.42 bits per heavy atom. The van der Waals surface area contributed by atoms with E-state index in [1.165, 1.54) is 5.69 Å². The van der Waals surface area contributed by atoms with Crippen LogP contribution in [0.4, 0.5) is 5.69 Å². The van der Waals surface area contributed by atoms with Gasteiger partial charge in [0.25, 0.3) is 5.91 Å². The van der Waals surface area contributed by atoms with E-state index in [9.17, 15) is 4.79 Å². The summed E-state index contributed by atoms with van der Waals surface area (Å²) in [5, 5.41) is 3.08. The molecule has 5 heteroatoms. The third-order valence-corrected chi connectivity index (χ3v) is 6.21. The standard InChI is InChI=1S/C26H31N3O2/c1-20(21-7-4-3-5-8-21)27-26(30)22-10-12-24(13-11-22)29-16-14-23(15-17-29)28(2)19-25-9-6-18-31-25/h3-13,18,20,23H,14-17,19H2,1-2H3,(H,27,30). The second kappa shape index (κ2) is 9.84. The zero-order chi connectivity index (χ0) is 21.6. The molecule has 0 bridgehead atoms. The highest BCUT2D eigenvalue weighted by Crippen LogP contribution is 2.24. The molecule has 1 N–H and O–H groups in total. The van der Waals surface area contributed by atoms with Gasteiger partial charge in [-0.2, -0.15) is 0 Å². The molecule has 0 aliphatic carbocycles. The third kappa shape index (κ3) is 5.36. The summed E-state index contributed by atoms with van der Waals surface area (Å²) < 4.78 is 5.48. The molecule has 162 valence electrons. The van der Waals surface area contributed by atoms with Crippen LogP contribution in [0.1, 0.15) is 47.5 Å². The SMILES string of the molecule is CC(NC(=O)c1ccc(N2CCC(N(C)Cc3ccco3)CC2)cc1)c1ccccc1. The van der Waals surface area contributed by atoms with Crippen LogP contribution >= 0.6 is 0 Å². The molecular formula is C26H31N3O2. The van der Waals surface area contributed by atoms with Crippen LogP contribution in [-0.4, -0.2) is 37.0 Å². The van der Waals surface area contributed by atoms with Crippen molar-refractivity contribution >= 4 is 11.6 Å². The highest BCUT2D eigenvalue weighted by Gasteiger charge is 2.23. The van der Waals surface area contributed by atoms with Crippen molar-refractivity contribution in [1.29, 1.82) is 0 Å². The van der Waals surface area contributed by atoms with Crippen molar-refractivity contribution in [1.82, 2.24) is 10.2 Å². The molecule has 2 aromatic carbocycles. The molecule has 2 heterocycles. The van der Waals surface area contributed by atoms with E-state index in [1.54, 1.807) is 6.26 Å². The molecule has 1 aliphatic rings. The molecule has 1 atom stereocenters. The van der Waals surface area contributed by atoms with Crippen LogP contribution in [0.5, 0.6) is 0 Å². The molecule has 1 fully saturated rings. The maximum atomic E-state index is 12.6. The Morgan fingerprint density at radius 1 is 1.06 bits per heavy atom. The zero-order valence-electron chi connectivity index (χ0n) is 18.3. The van der Waals surface area contributed by atoms with Crippen LogP contribution in [0.2, 0.25) is 0 Å². The first-order valence-electron chi connectivity index (χ1n) is 11.0. The second-order valence-corrected chi connectivity index (χ2v) is 8.37. The first-order valence-corrected chi connectivity index (χ1v) is 11.0. The number of hydrogen-bond acceptors (Lipinski definition) is 4. The average Bonchev–Trinajstić information content (AvgIpc) is 3.33. The summed E-state index contributed by atoms with van der Waals surface area (Å²) in [6, 6.07) is 22.5. The van der Waals surface area contributed by atoms with E-state index >= 15 is 0 Å². The van der Waals surface area contributed by atoms with Gasteiger partial charge in [-0.05, 0) is 68.8 Å². The Kier molecular flexibility index (Phi) is 6.73. The molecule has 4 rings (SSSR count). The number of furan rings is 1. The van der Waals surface area contributed by atoms with Crippen molar-refractivity contribution in [3.05, 3.63) is 89.9 Å². The van der Waals surface area contributed by atoms with E-state index in [0.717, 1.165) is 43.8 Å². The molecule has 3 aromatic rings. The van der Waals surface area contributed by atoms with Gasteiger partial charge in [-0.1, -0.05) is 30.3 Å². The van der Waals surface area contributed by atoms with Crippen LogP contribution < -0.4 is 10.2 Å². The maximum Gasteiger partial charge on any atom is 0.251 e. The number of nitrogens with one attached hydrogen (secondary N) is 1. The Bertz CT molecular complexity index is 946. The van der Waals surface area contributed by atoms with Crippen LogP contribution in [-0.2, 0) is 6.54 Å². The fourth-order valence-electron chi connectivity index (χ4n) is 4.27. The molecule has 1 amide bonds. The van der Waals surface area contributed by atoms with E-state index in [2.05, 4.69) is 34.3 Å². The Morgan fingerprint density at radius 2 is 1.77 bits per heavy atom. The number of piperidine rings is 1. The molecule has 1 saturated heterocycles. The minimum atomic E-state index is -0.0406. The Balaban J connectivity index is 1.29. The summed E-state index contributed by atoms with van der Waals surface area (Å²) in [5.41, 5.74) is 2.98. The number of amides is 1. The van der Waals surface area contributed by atoms with Crippen molar-refractivity contribution in [2.24, 2.45) is 0 Å². The van der Waals surface area contributed by atoms with Gasteiger partial charge in [0.05, 0.1) is 18.8 Å². The van der Waals surface area contributed by atoms with Gasteiger partial charge in [-0.25, -0.2) is 0 Å². The fourth-order valence-corrected chi connectivity index (χ4v) is 4.27. The molecule has 1 aromatic heterocycles. The van der Waals surface area contributed by atoms with Crippen LogP contribution in [0.15, 0.2) is 77.4 Å². The first kappa shape index (κ1) is 21.2. The van der Waals surface area contributed by atoms with Gasteiger partial charge < -0.3 is 14.6 Å². The van der Waals surface area contributed by atoms with E-state index in [1.807, 2.05) is 61.5 Å². The molecule has 31 heavy (non-hydrogen) atoms. The molecule has 5 nitrogen and oxygen atoms in total. The molecule has 0 radical (unpaired) electrons. The number of rotatable bonds is 7. The van der Waals surface area contributed by atoms with Crippen LogP contribution in [0.3, 0.4) is 0 Å². The molecule has 1 unspecified atom stereocenters. The predicted molar refractivity (Wildman–Crippen MR) is 124 cm³/mol. The summed E-state index contributed by atoms with van der Waals surface area (Å²) in [4.78, 5) is 17.4. The topological polar surface area (TPSA) is 48.7 Å². The van der Waals surface area contributed by atoms with Gasteiger partial charge in [0.2, 0.25) is 0 Å². The largest absolute Gasteiger partial charge is 0.468 e. The van der Waals surface area contributed by atoms with Crippen LogP contribution in [0, 0.1) is 0 Å². The van der Waals surface area contributed by atoms with Crippen molar-refractivity contribution in [2.45, 2.75) is 38.4 Å². The highest BCUT2D eigenvalue weighted by atomic mass is 16.3. The quantitative estimate of drug-likeness (QED) is 0.596. The lowest BCUT2D eigenvalue weighted by Gasteiger charge is -2.37. The number of carbonyl (C=O) groups is 1. The lowest BCUT2D eigenvalue weighted by Crippen LogP contribution is -2.43. The number of nitrogens with zero attached hydrogens (tertiary/aromatic N) is 2. The predicted octanol–water partition coefficient (Wildman–Crippen LogP) is 4.87. The summed E-state index contributed by atoms with van der Waals surface area (Å²) >= 11 is 0. The van der Waals surface area contributed by atoms with Gasteiger partial charge in [0.1, 0.15) is 5.76 Å². The molecule has 1 aliphatic heterocycles. The summed E-state index contributed by atoms with van der Waals surface area (Å²) in [7, 11) is 2.17. The van der Waals surface area contributed by atoms with Gasteiger partial charge in [-0.15, -0.1) is 0 Å². The summed E-state index contributed by atoms with van der Waals surface area (Å²) in [6.45, 7) is 4.89. The van der Waals surface area contributed by atoms with Gasteiger partial charge in [0, 0.05) is 30.4 Å². The smallest absolute Gasteiger partial charge is 0.251 e. The van der Waals surface area contributed by atoms with E-state index < -0.39 is 0 Å². The molecule has 0 saturated carbocycles. The Hall–Kier alpha value is -3.05. The number of benzene rings is 2.